The van der Waals surface area contributed by atoms with Crippen LogP contribution in [0.25, 0.3) is 0 Å². The first-order chi connectivity index (χ1) is 9.97. The van der Waals surface area contributed by atoms with Crippen molar-refractivity contribution in [1.29, 1.82) is 0 Å². The van der Waals surface area contributed by atoms with E-state index in [1.807, 2.05) is 0 Å². The van der Waals surface area contributed by atoms with E-state index in [0.717, 1.165) is 0 Å². The minimum absolute atomic E-state index is 0.0463. The van der Waals surface area contributed by atoms with Gasteiger partial charge in [0.25, 0.3) is 0 Å². The molecule has 0 aliphatic heterocycles. The van der Waals surface area contributed by atoms with Crippen LogP contribution in [0.3, 0.4) is 0 Å². The number of rotatable bonds is 4. The van der Waals surface area contributed by atoms with Gasteiger partial charge in [-0.05, 0) is 18.2 Å². The summed E-state index contributed by atoms with van der Waals surface area (Å²) in [6, 6.07) is 3.56. The first-order valence-electron chi connectivity index (χ1n) is 5.88. The number of urea groups is 1. The lowest BCUT2D eigenvalue weighted by Gasteiger charge is -2.09. The molecule has 0 spiro atoms. The molecule has 0 saturated carbocycles. The maximum absolute atomic E-state index is 11.7. The van der Waals surface area contributed by atoms with Gasteiger partial charge in [0, 0.05) is 7.05 Å². The van der Waals surface area contributed by atoms with Crippen molar-refractivity contribution in [2.24, 2.45) is 7.05 Å². The van der Waals surface area contributed by atoms with Crippen LogP contribution in [0.2, 0.25) is 5.02 Å². The number of hydrogen-bond donors (Lipinski definition) is 3. The highest BCUT2D eigenvalue weighted by Crippen LogP contribution is 2.22. The van der Waals surface area contributed by atoms with E-state index in [9.17, 15) is 9.59 Å². The molecule has 9 heteroatoms. The van der Waals surface area contributed by atoms with Crippen LogP contribution >= 0.6 is 11.6 Å². The third-order valence-corrected chi connectivity index (χ3v) is 2.99. The maximum Gasteiger partial charge on any atom is 0.335 e. The van der Waals surface area contributed by atoms with Gasteiger partial charge in [-0.15, -0.1) is 10.2 Å². The maximum atomic E-state index is 11.7. The van der Waals surface area contributed by atoms with Gasteiger partial charge in [0.2, 0.25) is 0 Å². The van der Waals surface area contributed by atoms with Crippen LogP contribution in [0.15, 0.2) is 24.5 Å². The van der Waals surface area contributed by atoms with Gasteiger partial charge in [0.15, 0.2) is 5.82 Å². The molecular weight excluding hydrogens is 298 g/mol. The summed E-state index contributed by atoms with van der Waals surface area (Å²) in [6.07, 6.45) is 1.52. The largest absolute Gasteiger partial charge is 0.478 e. The zero-order valence-corrected chi connectivity index (χ0v) is 11.8. The van der Waals surface area contributed by atoms with E-state index < -0.39 is 12.0 Å². The Bertz CT molecular complexity index is 685. The molecule has 0 saturated heterocycles. The van der Waals surface area contributed by atoms with Crippen LogP contribution < -0.4 is 10.6 Å². The van der Waals surface area contributed by atoms with Crippen LogP contribution in [-0.4, -0.2) is 31.9 Å². The molecule has 1 aromatic carbocycles. The first kappa shape index (κ1) is 14.8. The quantitative estimate of drug-likeness (QED) is 0.792. The van der Waals surface area contributed by atoms with Crippen LogP contribution in [0, 0.1) is 0 Å². The van der Waals surface area contributed by atoms with Crippen molar-refractivity contribution in [2.75, 3.05) is 5.32 Å². The first-order valence-corrected chi connectivity index (χ1v) is 6.25. The molecule has 0 fully saturated rings. The highest BCUT2D eigenvalue weighted by Gasteiger charge is 2.10. The average Bonchev–Trinajstić information content (AvgIpc) is 2.84. The van der Waals surface area contributed by atoms with Crippen molar-refractivity contribution in [3.63, 3.8) is 0 Å². The molecule has 110 valence electrons. The minimum Gasteiger partial charge on any atom is -0.478 e. The zero-order chi connectivity index (χ0) is 15.4. The average molecular weight is 310 g/mol. The predicted molar refractivity (Wildman–Crippen MR) is 75.3 cm³/mol. The molecule has 0 aliphatic rings. The number of halogens is 1. The zero-order valence-electron chi connectivity index (χ0n) is 11.0. The standard InChI is InChI=1S/C12H12ClN5O3/c1-18-6-15-17-10(18)5-14-12(21)16-9-3-2-7(11(19)20)4-8(9)13/h2-4,6H,5H2,1H3,(H,19,20)(H2,14,16,21). The molecule has 2 rings (SSSR count). The molecule has 0 unspecified atom stereocenters. The van der Waals surface area contributed by atoms with Gasteiger partial charge in [0.1, 0.15) is 6.33 Å². The Morgan fingerprint density at radius 3 is 2.76 bits per heavy atom. The fraction of sp³-hybridized carbons (Fsp3) is 0.167. The van der Waals surface area contributed by atoms with Gasteiger partial charge in [-0.3, -0.25) is 0 Å². The van der Waals surface area contributed by atoms with Crippen molar-refractivity contribution in [3.05, 3.63) is 40.9 Å². The van der Waals surface area contributed by atoms with E-state index >= 15 is 0 Å². The normalized spacial score (nSPS) is 10.2. The molecule has 2 aromatic rings. The highest BCUT2D eigenvalue weighted by atomic mass is 35.5. The van der Waals surface area contributed by atoms with E-state index in [1.54, 1.807) is 11.6 Å². The smallest absolute Gasteiger partial charge is 0.335 e. The molecule has 1 heterocycles. The number of carboxylic acids is 1. The molecule has 3 N–H and O–H groups in total. The predicted octanol–water partition coefficient (Wildman–Crippen LogP) is 1.49. The number of benzene rings is 1. The molecule has 0 atom stereocenters. The number of aryl methyl sites for hydroxylation is 1. The Morgan fingerprint density at radius 2 is 2.19 bits per heavy atom. The second-order valence-corrected chi connectivity index (χ2v) is 4.57. The monoisotopic (exact) mass is 309 g/mol. The van der Waals surface area contributed by atoms with Crippen molar-refractivity contribution in [1.82, 2.24) is 20.1 Å². The topological polar surface area (TPSA) is 109 Å². The van der Waals surface area contributed by atoms with Crippen LogP contribution in [0.5, 0.6) is 0 Å². The van der Waals surface area contributed by atoms with Crippen molar-refractivity contribution < 1.29 is 14.7 Å². The van der Waals surface area contributed by atoms with E-state index in [4.69, 9.17) is 16.7 Å². The summed E-state index contributed by atoms with van der Waals surface area (Å²) < 4.78 is 1.68. The Balaban J connectivity index is 1.96. The Kier molecular flexibility index (Phi) is 4.39. The highest BCUT2D eigenvalue weighted by molar-refractivity contribution is 6.34. The summed E-state index contributed by atoms with van der Waals surface area (Å²) in [5.41, 5.74) is 0.363. The summed E-state index contributed by atoms with van der Waals surface area (Å²) in [4.78, 5) is 22.5. The van der Waals surface area contributed by atoms with Crippen LogP contribution in [0.4, 0.5) is 10.5 Å². The Hall–Kier alpha value is -2.61. The number of aromatic carboxylic acids is 1. The van der Waals surface area contributed by atoms with Crippen LogP contribution in [0.1, 0.15) is 16.2 Å². The Morgan fingerprint density at radius 1 is 1.43 bits per heavy atom. The second kappa shape index (κ2) is 6.23. The number of aromatic nitrogens is 3. The molecular formula is C12H12ClN5O3. The lowest BCUT2D eigenvalue weighted by molar-refractivity contribution is 0.0697. The number of nitrogens with one attached hydrogen (secondary N) is 2. The van der Waals surface area contributed by atoms with Gasteiger partial charge in [-0.1, -0.05) is 11.6 Å². The van der Waals surface area contributed by atoms with Crippen LogP contribution in [-0.2, 0) is 13.6 Å². The molecule has 8 nitrogen and oxygen atoms in total. The lowest BCUT2D eigenvalue weighted by atomic mass is 10.2. The van der Waals surface area contributed by atoms with Gasteiger partial charge < -0.3 is 20.3 Å². The number of carboxylic acid groups (broad SMARTS) is 1. The number of carbonyl (C=O) groups is 2. The van der Waals surface area contributed by atoms with Gasteiger partial charge >= 0.3 is 12.0 Å². The van der Waals surface area contributed by atoms with Gasteiger partial charge in [-0.25, -0.2) is 9.59 Å². The number of hydrogen-bond acceptors (Lipinski definition) is 4. The lowest BCUT2D eigenvalue weighted by Crippen LogP contribution is -2.29. The van der Waals surface area contributed by atoms with E-state index in [0.29, 0.717) is 11.5 Å². The van der Waals surface area contributed by atoms with Gasteiger partial charge in [-0.2, -0.15) is 0 Å². The van der Waals surface area contributed by atoms with Gasteiger partial charge in [0.05, 0.1) is 22.8 Å². The van der Waals surface area contributed by atoms with Crippen molar-refractivity contribution >= 4 is 29.3 Å². The minimum atomic E-state index is -1.09. The van der Waals surface area contributed by atoms with E-state index in [1.165, 1.54) is 24.5 Å². The Labute approximate surface area is 124 Å². The summed E-state index contributed by atoms with van der Waals surface area (Å²) in [5, 5.41) is 21.6. The molecule has 0 aliphatic carbocycles. The SMILES string of the molecule is Cn1cnnc1CNC(=O)Nc1ccc(C(=O)O)cc1Cl. The summed E-state index contributed by atoms with van der Waals surface area (Å²) >= 11 is 5.91. The number of nitrogens with zero attached hydrogens (tertiary/aromatic N) is 3. The third-order valence-electron chi connectivity index (χ3n) is 2.68. The summed E-state index contributed by atoms with van der Waals surface area (Å²) in [7, 11) is 1.76. The fourth-order valence-corrected chi connectivity index (χ4v) is 1.77. The fourth-order valence-electron chi connectivity index (χ4n) is 1.54. The molecule has 1 aromatic heterocycles. The number of amides is 2. The molecule has 0 radical (unpaired) electrons. The van der Waals surface area contributed by atoms with E-state index in [-0.39, 0.29) is 17.1 Å². The summed E-state index contributed by atoms with van der Waals surface area (Å²) in [5.74, 6) is -0.493. The number of anilines is 1. The van der Waals surface area contributed by atoms with E-state index in [2.05, 4.69) is 20.8 Å². The molecule has 0 bridgehead atoms. The third kappa shape index (κ3) is 3.69. The molecule has 21 heavy (non-hydrogen) atoms. The van der Waals surface area contributed by atoms with Crippen molar-refractivity contribution in [3.8, 4) is 0 Å². The molecule has 2 amide bonds. The number of carbonyl (C=O) groups excluding carboxylic acids is 1. The second-order valence-electron chi connectivity index (χ2n) is 4.17. The van der Waals surface area contributed by atoms with Crippen molar-refractivity contribution in [2.45, 2.75) is 6.54 Å². The summed E-state index contributed by atoms with van der Waals surface area (Å²) in [6.45, 7) is 0.202.